The van der Waals surface area contributed by atoms with Crippen molar-refractivity contribution in [3.8, 4) is 0 Å². The van der Waals surface area contributed by atoms with E-state index in [0.717, 1.165) is 23.4 Å². The van der Waals surface area contributed by atoms with E-state index in [2.05, 4.69) is 10.6 Å². The molecular formula is C23H28N4O4S. The maximum atomic E-state index is 13.1. The Morgan fingerprint density at radius 1 is 1.09 bits per heavy atom. The van der Waals surface area contributed by atoms with Crippen molar-refractivity contribution in [3.05, 3.63) is 59.7 Å². The highest BCUT2D eigenvalue weighted by molar-refractivity contribution is 7.89. The van der Waals surface area contributed by atoms with Crippen LogP contribution in [-0.2, 0) is 26.2 Å². The molecular weight excluding hydrogens is 428 g/mol. The molecule has 0 aliphatic carbocycles. The van der Waals surface area contributed by atoms with Crippen LogP contribution in [0, 0.1) is 6.92 Å². The first-order valence-corrected chi connectivity index (χ1v) is 12.3. The Morgan fingerprint density at radius 3 is 2.50 bits per heavy atom. The van der Waals surface area contributed by atoms with E-state index in [1.165, 1.54) is 4.31 Å². The largest absolute Gasteiger partial charge is 0.360 e. The minimum absolute atomic E-state index is 0.00861. The Hall–Kier alpha value is -2.91. The Labute approximate surface area is 188 Å². The van der Waals surface area contributed by atoms with Gasteiger partial charge in [-0.25, -0.2) is 8.42 Å². The van der Waals surface area contributed by atoms with Crippen LogP contribution in [0.2, 0.25) is 0 Å². The highest BCUT2D eigenvalue weighted by atomic mass is 32.2. The Kier molecular flexibility index (Phi) is 6.48. The highest BCUT2D eigenvalue weighted by Crippen LogP contribution is 2.26. The Morgan fingerprint density at radius 2 is 1.81 bits per heavy atom. The lowest BCUT2D eigenvalue weighted by atomic mass is 10.1. The van der Waals surface area contributed by atoms with Crippen molar-refractivity contribution >= 4 is 27.5 Å². The third kappa shape index (κ3) is 4.78. The van der Waals surface area contributed by atoms with Crippen molar-refractivity contribution in [1.82, 2.24) is 14.9 Å². The van der Waals surface area contributed by atoms with Gasteiger partial charge >= 0.3 is 0 Å². The normalized spacial score (nSPS) is 19.6. The van der Waals surface area contributed by atoms with Crippen LogP contribution in [0.25, 0.3) is 0 Å². The van der Waals surface area contributed by atoms with Gasteiger partial charge in [-0.3, -0.25) is 9.59 Å². The number of aryl methyl sites for hydroxylation is 1. The second-order valence-corrected chi connectivity index (χ2v) is 10.1. The summed E-state index contributed by atoms with van der Waals surface area (Å²) in [6.45, 7) is 4.27. The van der Waals surface area contributed by atoms with Gasteiger partial charge in [0.15, 0.2) is 0 Å². The molecule has 0 spiro atoms. The van der Waals surface area contributed by atoms with Crippen molar-refractivity contribution in [2.45, 2.75) is 37.2 Å². The molecule has 170 valence electrons. The van der Waals surface area contributed by atoms with Gasteiger partial charge in [-0.15, -0.1) is 0 Å². The minimum atomic E-state index is -3.72. The first kappa shape index (κ1) is 22.3. The summed E-state index contributed by atoms with van der Waals surface area (Å²) in [4.78, 5) is 26.6. The summed E-state index contributed by atoms with van der Waals surface area (Å²) < 4.78 is 27.4. The van der Waals surface area contributed by atoms with Gasteiger partial charge in [-0.2, -0.15) is 4.31 Å². The molecule has 2 aromatic carbocycles. The molecule has 2 heterocycles. The van der Waals surface area contributed by atoms with E-state index in [1.807, 2.05) is 36.1 Å². The SMILES string of the molecule is Cc1ccc(S(=O)(=O)N2CCC[C@H]2C(=O)NCc2ccc(N3CCNC(=O)C3)cc2)cc1. The number of hydrogen-bond acceptors (Lipinski definition) is 5. The van der Waals surface area contributed by atoms with E-state index in [9.17, 15) is 18.0 Å². The van der Waals surface area contributed by atoms with E-state index in [0.29, 0.717) is 39.0 Å². The molecule has 32 heavy (non-hydrogen) atoms. The zero-order valence-electron chi connectivity index (χ0n) is 18.1. The second-order valence-electron chi connectivity index (χ2n) is 8.24. The third-order valence-corrected chi connectivity index (χ3v) is 7.86. The van der Waals surface area contributed by atoms with Crippen molar-refractivity contribution in [2.75, 3.05) is 31.1 Å². The van der Waals surface area contributed by atoms with E-state index < -0.39 is 16.1 Å². The molecule has 8 nitrogen and oxygen atoms in total. The van der Waals surface area contributed by atoms with Gasteiger partial charge < -0.3 is 15.5 Å². The van der Waals surface area contributed by atoms with E-state index in [4.69, 9.17) is 0 Å². The molecule has 9 heteroatoms. The fraction of sp³-hybridized carbons (Fsp3) is 0.391. The molecule has 2 aliphatic rings. The first-order chi connectivity index (χ1) is 15.3. The lowest BCUT2D eigenvalue weighted by molar-refractivity contribution is -0.124. The molecule has 2 N–H and O–H groups in total. The zero-order chi connectivity index (χ0) is 22.7. The van der Waals surface area contributed by atoms with Crippen LogP contribution >= 0.6 is 0 Å². The first-order valence-electron chi connectivity index (χ1n) is 10.8. The van der Waals surface area contributed by atoms with Gasteiger partial charge in [0.05, 0.1) is 11.4 Å². The van der Waals surface area contributed by atoms with Gasteiger partial charge in [-0.05, 0) is 49.6 Å². The second kappa shape index (κ2) is 9.30. The molecule has 0 unspecified atom stereocenters. The number of rotatable bonds is 6. The topological polar surface area (TPSA) is 98.8 Å². The summed E-state index contributed by atoms with van der Waals surface area (Å²) >= 11 is 0. The number of carbonyl (C=O) groups excluding carboxylic acids is 2. The number of carbonyl (C=O) groups is 2. The lowest BCUT2D eigenvalue weighted by Gasteiger charge is -2.28. The van der Waals surface area contributed by atoms with Gasteiger partial charge in [0, 0.05) is 31.9 Å². The van der Waals surface area contributed by atoms with Gasteiger partial charge in [-0.1, -0.05) is 29.8 Å². The van der Waals surface area contributed by atoms with Gasteiger partial charge in [0.25, 0.3) is 0 Å². The molecule has 2 saturated heterocycles. The smallest absolute Gasteiger partial charge is 0.243 e. The number of benzene rings is 2. The zero-order valence-corrected chi connectivity index (χ0v) is 18.9. The molecule has 0 bridgehead atoms. The maximum absolute atomic E-state index is 13.1. The standard InChI is InChI=1S/C23H28N4O4S/c1-17-4-10-20(11-5-17)32(30,31)27-13-2-3-21(27)23(29)25-15-18-6-8-19(9-7-18)26-14-12-24-22(28)16-26/h4-11,21H,2-3,12-16H2,1H3,(H,24,28)(H,25,29)/t21-/m0/s1. The number of nitrogens with zero attached hydrogens (tertiary/aromatic N) is 2. The van der Waals surface area contributed by atoms with Crippen molar-refractivity contribution < 1.29 is 18.0 Å². The van der Waals surface area contributed by atoms with Crippen molar-refractivity contribution in [1.29, 1.82) is 0 Å². The van der Waals surface area contributed by atoms with Crippen LogP contribution in [-0.4, -0.2) is 56.8 Å². The average Bonchev–Trinajstić information content (AvgIpc) is 3.29. The quantitative estimate of drug-likeness (QED) is 0.685. The van der Waals surface area contributed by atoms with Crippen molar-refractivity contribution in [3.63, 3.8) is 0 Å². The van der Waals surface area contributed by atoms with Crippen LogP contribution in [0.1, 0.15) is 24.0 Å². The molecule has 0 radical (unpaired) electrons. The summed E-state index contributed by atoms with van der Waals surface area (Å²) in [6.07, 6.45) is 1.16. The van der Waals surface area contributed by atoms with Crippen LogP contribution in [0.4, 0.5) is 5.69 Å². The van der Waals surface area contributed by atoms with Crippen LogP contribution in [0.15, 0.2) is 53.4 Å². The fourth-order valence-corrected chi connectivity index (χ4v) is 5.78. The van der Waals surface area contributed by atoms with Crippen LogP contribution in [0.5, 0.6) is 0 Å². The number of sulfonamides is 1. The number of nitrogens with one attached hydrogen (secondary N) is 2. The number of amides is 2. The molecule has 2 aromatic rings. The lowest BCUT2D eigenvalue weighted by Crippen LogP contribution is -2.47. The molecule has 2 fully saturated rings. The fourth-order valence-electron chi connectivity index (χ4n) is 4.13. The Balaban J connectivity index is 1.38. The maximum Gasteiger partial charge on any atom is 0.243 e. The molecule has 0 saturated carbocycles. The summed E-state index contributed by atoms with van der Waals surface area (Å²) in [6, 6.07) is 13.7. The predicted octanol–water partition coefficient (Wildman–Crippen LogP) is 1.40. The molecule has 4 rings (SSSR count). The van der Waals surface area contributed by atoms with Gasteiger partial charge in [0.1, 0.15) is 6.04 Å². The monoisotopic (exact) mass is 456 g/mol. The minimum Gasteiger partial charge on any atom is -0.360 e. The highest BCUT2D eigenvalue weighted by Gasteiger charge is 2.39. The van der Waals surface area contributed by atoms with Crippen molar-refractivity contribution in [2.24, 2.45) is 0 Å². The van der Waals surface area contributed by atoms with E-state index in [1.54, 1.807) is 24.3 Å². The third-order valence-electron chi connectivity index (χ3n) is 5.94. The van der Waals surface area contributed by atoms with Crippen LogP contribution < -0.4 is 15.5 Å². The van der Waals surface area contributed by atoms with E-state index in [-0.39, 0.29) is 16.7 Å². The Bertz CT molecular complexity index is 1080. The summed E-state index contributed by atoms with van der Waals surface area (Å²) in [5.74, 6) is -0.274. The van der Waals surface area contributed by atoms with Gasteiger partial charge in [0.2, 0.25) is 21.8 Å². The average molecular weight is 457 g/mol. The predicted molar refractivity (Wildman–Crippen MR) is 122 cm³/mol. The molecule has 2 amide bonds. The number of hydrogen-bond donors (Lipinski definition) is 2. The van der Waals surface area contributed by atoms with E-state index >= 15 is 0 Å². The summed E-state index contributed by atoms with van der Waals surface area (Å²) in [7, 11) is -3.72. The molecule has 0 aromatic heterocycles. The number of piperazine rings is 1. The molecule has 2 aliphatic heterocycles. The summed E-state index contributed by atoms with van der Waals surface area (Å²) in [5.41, 5.74) is 2.85. The molecule has 1 atom stereocenters. The van der Waals surface area contributed by atoms with Crippen LogP contribution in [0.3, 0.4) is 0 Å². The number of anilines is 1. The summed E-state index contributed by atoms with van der Waals surface area (Å²) in [5, 5.41) is 5.69.